The Morgan fingerprint density at radius 3 is 3.08 bits per heavy atom. The molecule has 0 N–H and O–H groups in total. The largest absolute Gasteiger partial charge is 0.227 e. The highest BCUT2D eigenvalue weighted by Gasteiger charge is 2.02. The van der Waals surface area contributed by atoms with Gasteiger partial charge in [0.1, 0.15) is 0 Å². The maximum atomic E-state index is 13.0. The molecule has 0 aromatic carbocycles. The van der Waals surface area contributed by atoms with E-state index >= 15 is 0 Å². The van der Waals surface area contributed by atoms with Crippen LogP contribution >= 0.6 is 27.7 Å². The van der Waals surface area contributed by atoms with Crippen LogP contribution in [0.2, 0.25) is 0 Å². The van der Waals surface area contributed by atoms with Gasteiger partial charge in [0, 0.05) is 16.2 Å². The van der Waals surface area contributed by atoms with Gasteiger partial charge in [-0.25, -0.2) is 4.98 Å². The van der Waals surface area contributed by atoms with Gasteiger partial charge < -0.3 is 0 Å². The van der Waals surface area contributed by atoms with Crippen molar-refractivity contribution in [1.29, 1.82) is 0 Å². The SMILES string of the molecule is CSCCc1cc(Br)cnc1F. The van der Waals surface area contributed by atoms with Gasteiger partial charge in [0.05, 0.1) is 0 Å². The zero-order valence-electron chi connectivity index (χ0n) is 6.68. The van der Waals surface area contributed by atoms with Crippen molar-refractivity contribution in [1.82, 2.24) is 4.98 Å². The second kappa shape index (κ2) is 4.82. The maximum Gasteiger partial charge on any atom is 0.216 e. The lowest BCUT2D eigenvalue weighted by atomic mass is 10.2. The first-order valence-corrected chi connectivity index (χ1v) is 5.71. The van der Waals surface area contributed by atoms with Gasteiger partial charge in [0.25, 0.3) is 0 Å². The first-order valence-electron chi connectivity index (χ1n) is 3.53. The van der Waals surface area contributed by atoms with Gasteiger partial charge in [-0.1, -0.05) is 0 Å². The lowest BCUT2D eigenvalue weighted by Gasteiger charge is -2.00. The molecule has 0 amide bonds. The minimum atomic E-state index is -0.354. The summed E-state index contributed by atoms with van der Waals surface area (Å²) in [4.78, 5) is 3.61. The number of nitrogens with zero attached hydrogens (tertiary/aromatic N) is 1. The van der Waals surface area contributed by atoms with Gasteiger partial charge in [-0.2, -0.15) is 16.2 Å². The lowest BCUT2D eigenvalue weighted by molar-refractivity contribution is 0.568. The Morgan fingerprint density at radius 1 is 1.67 bits per heavy atom. The van der Waals surface area contributed by atoms with Gasteiger partial charge in [-0.05, 0) is 40.4 Å². The molecule has 0 atom stereocenters. The first-order chi connectivity index (χ1) is 5.74. The number of rotatable bonds is 3. The molecule has 1 rings (SSSR count). The molecule has 0 fully saturated rings. The number of thioether (sulfide) groups is 1. The molecule has 0 saturated heterocycles. The molecule has 0 aliphatic carbocycles. The summed E-state index contributed by atoms with van der Waals surface area (Å²) >= 11 is 4.95. The normalized spacial score (nSPS) is 10.2. The van der Waals surface area contributed by atoms with Gasteiger partial charge in [0.2, 0.25) is 5.95 Å². The van der Waals surface area contributed by atoms with E-state index in [0.29, 0.717) is 5.56 Å². The fourth-order valence-electron chi connectivity index (χ4n) is 0.852. The van der Waals surface area contributed by atoms with Crippen LogP contribution in [0.1, 0.15) is 5.56 Å². The molecule has 0 unspecified atom stereocenters. The molecule has 1 heterocycles. The number of aryl methyl sites for hydroxylation is 1. The molecule has 66 valence electrons. The summed E-state index contributed by atoms with van der Waals surface area (Å²) in [6, 6.07) is 1.78. The molecule has 0 aliphatic rings. The van der Waals surface area contributed by atoms with Crippen LogP contribution in [0.5, 0.6) is 0 Å². The molecule has 0 radical (unpaired) electrons. The van der Waals surface area contributed by atoms with Crippen LogP contribution in [0.25, 0.3) is 0 Å². The molecule has 4 heteroatoms. The van der Waals surface area contributed by atoms with E-state index in [1.807, 2.05) is 6.26 Å². The smallest absolute Gasteiger partial charge is 0.216 e. The fourth-order valence-corrected chi connectivity index (χ4v) is 1.65. The van der Waals surface area contributed by atoms with Gasteiger partial charge >= 0.3 is 0 Å². The number of pyridine rings is 1. The first kappa shape index (κ1) is 9.99. The number of aromatic nitrogens is 1. The standard InChI is InChI=1S/C8H9BrFNS/c1-12-3-2-6-4-7(9)5-11-8(6)10/h4-5H,2-3H2,1H3. The molecule has 12 heavy (non-hydrogen) atoms. The van der Waals surface area contributed by atoms with E-state index in [-0.39, 0.29) is 5.95 Å². The Morgan fingerprint density at radius 2 is 2.42 bits per heavy atom. The van der Waals surface area contributed by atoms with Crippen molar-refractivity contribution >= 4 is 27.7 Å². The maximum absolute atomic E-state index is 13.0. The second-order valence-corrected chi connectivity index (χ2v) is 4.25. The minimum Gasteiger partial charge on any atom is -0.227 e. The summed E-state index contributed by atoms with van der Waals surface area (Å²) in [5.41, 5.74) is 0.679. The summed E-state index contributed by atoms with van der Waals surface area (Å²) in [6.45, 7) is 0. The van der Waals surface area contributed by atoms with Crippen molar-refractivity contribution in [2.45, 2.75) is 6.42 Å². The highest BCUT2D eigenvalue weighted by Crippen LogP contribution is 2.14. The Balaban J connectivity index is 2.75. The van der Waals surface area contributed by atoms with Crippen LogP contribution < -0.4 is 0 Å². The number of halogens is 2. The Hall–Kier alpha value is -0.0900. The molecule has 1 aromatic heterocycles. The third-order valence-corrected chi connectivity index (χ3v) is 2.50. The van der Waals surface area contributed by atoms with Crippen molar-refractivity contribution in [3.8, 4) is 0 Å². The summed E-state index contributed by atoms with van der Waals surface area (Å²) in [5.74, 6) is 0.571. The van der Waals surface area contributed by atoms with Gasteiger partial charge in [-0.15, -0.1) is 0 Å². The number of hydrogen-bond donors (Lipinski definition) is 0. The van der Waals surface area contributed by atoms with Crippen LogP contribution in [-0.4, -0.2) is 17.0 Å². The highest BCUT2D eigenvalue weighted by molar-refractivity contribution is 9.10. The summed E-state index contributed by atoms with van der Waals surface area (Å²) in [7, 11) is 0. The predicted molar refractivity (Wildman–Crippen MR) is 54.0 cm³/mol. The van der Waals surface area contributed by atoms with Crippen LogP contribution in [0.4, 0.5) is 4.39 Å². The number of hydrogen-bond acceptors (Lipinski definition) is 2. The van der Waals surface area contributed by atoms with E-state index in [0.717, 1.165) is 16.6 Å². The minimum absolute atomic E-state index is 0.354. The summed E-state index contributed by atoms with van der Waals surface area (Å²) in [5, 5.41) is 0. The van der Waals surface area contributed by atoms with Crippen LogP contribution in [0, 0.1) is 5.95 Å². The Labute approximate surface area is 83.9 Å². The van der Waals surface area contributed by atoms with Crippen molar-refractivity contribution in [2.75, 3.05) is 12.0 Å². The van der Waals surface area contributed by atoms with Crippen molar-refractivity contribution in [3.05, 3.63) is 28.2 Å². The zero-order valence-corrected chi connectivity index (χ0v) is 9.08. The van der Waals surface area contributed by atoms with Crippen molar-refractivity contribution in [3.63, 3.8) is 0 Å². The van der Waals surface area contributed by atoms with E-state index in [1.165, 1.54) is 6.20 Å². The van der Waals surface area contributed by atoms with E-state index in [4.69, 9.17) is 0 Å². The highest BCUT2D eigenvalue weighted by atomic mass is 79.9. The average molecular weight is 250 g/mol. The molecule has 1 nitrogen and oxygen atoms in total. The third kappa shape index (κ3) is 2.75. The molecule has 0 bridgehead atoms. The van der Waals surface area contributed by atoms with Gasteiger partial charge in [-0.3, -0.25) is 0 Å². The monoisotopic (exact) mass is 249 g/mol. The Bertz CT molecular complexity index is 267. The molecule has 0 aliphatic heterocycles. The molecule has 0 spiro atoms. The fraction of sp³-hybridized carbons (Fsp3) is 0.375. The molecular weight excluding hydrogens is 241 g/mol. The van der Waals surface area contributed by atoms with Gasteiger partial charge in [0.15, 0.2) is 0 Å². The Kier molecular flexibility index (Phi) is 4.01. The van der Waals surface area contributed by atoms with Crippen LogP contribution in [-0.2, 0) is 6.42 Å². The van der Waals surface area contributed by atoms with Crippen LogP contribution in [0.15, 0.2) is 16.7 Å². The quantitative estimate of drug-likeness (QED) is 0.765. The second-order valence-electron chi connectivity index (χ2n) is 2.35. The van der Waals surface area contributed by atoms with E-state index in [9.17, 15) is 4.39 Å². The lowest BCUT2D eigenvalue weighted by Crippen LogP contribution is -1.95. The summed E-state index contributed by atoms with van der Waals surface area (Å²) < 4.78 is 13.8. The van der Waals surface area contributed by atoms with Crippen LogP contribution in [0.3, 0.4) is 0 Å². The summed E-state index contributed by atoms with van der Waals surface area (Å²) in [6.07, 6.45) is 4.21. The van der Waals surface area contributed by atoms with E-state index < -0.39 is 0 Å². The van der Waals surface area contributed by atoms with Crippen molar-refractivity contribution in [2.24, 2.45) is 0 Å². The molecular formula is C8H9BrFNS. The van der Waals surface area contributed by atoms with Crippen molar-refractivity contribution < 1.29 is 4.39 Å². The van der Waals surface area contributed by atoms with E-state index in [2.05, 4.69) is 20.9 Å². The topological polar surface area (TPSA) is 12.9 Å². The average Bonchev–Trinajstić information content (AvgIpc) is 2.07. The van der Waals surface area contributed by atoms with E-state index in [1.54, 1.807) is 17.8 Å². The zero-order chi connectivity index (χ0) is 8.97. The molecule has 0 saturated carbocycles. The third-order valence-electron chi connectivity index (χ3n) is 1.45. The molecule has 1 aromatic rings. The predicted octanol–water partition coefficient (Wildman–Crippen LogP) is 2.89.